The standard InChI is InChI=1S/C26H33N3O3/c1-19-6-5-7-21(16-19)18-32-23-8-9-24(20(2)17-23)27-25(30)22-10-14-29(15-11-22)26(31)28-12-3-4-13-28/h5-9,16-17,22H,3-4,10-15,18H2,1-2H3,(H,27,30). The molecule has 6 nitrogen and oxygen atoms in total. The molecule has 2 aliphatic heterocycles. The van der Waals surface area contributed by atoms with Crippen molar-refractivity contribution in [2.24, 2.45) is 5.92 Å². The van der Waals surface area contributed by atoms with Gasteiger partial charge in [-0.1, -0.05) is 29.8 Å². The van der Waals surface area contributed by atoms with Crippen molar-refractivity contribution < 1.29 is 14.3 Å². The Morgan fingerprint density at radius 3 is 2.38 bits per heavy atom. The molecule has 3 amide bonds. The molecule has 0 bridgehead atoms. The second kappa shape index (κ2) is 10.1. The van der Waals surface area contributed by atoms with E-state index in [-0.39, 0.29) is 17.9 Å². The molecule has 0 radical (unpaired) electrons. The van der Waals surface area contributed by atoms with E-state index in [1.807, 2.05) is 41.0 Å². The number of carbonyl (C=O) groups is 2. The van der Waals surface area contributed by atoms with E-state index in [2.05, 4.69) is 30.4 Å². The monoisotopic (exact) mass is 435 g/mol. The Morgan fingerprint density at radius 2 is 1.69 bits per heavy atom. The van der Waals surface area contributed by atoms with Crippen molar-refractivity contribution in [1.29, 1.82) is 0 Å². The van der Waals surface area contributed by atoms with Crippen LogP contribution in [0.25, 0.3) is 0 Å². The second-order valence-electron chi connectivity index (χ2n) is 8.98. The third kappa shape index (κ3) is 5.42. The van der Waals surface area contributed by atoms with E-state index in [9.17, 15) is 9.59 Å². The van der Waals surface area contributed by atoms with Gasteiger partial charge in [-0.05, 0) is 68.9 Å². The normalized spacial score (nSPS) is 16.8. The molecule has 0 aromatic heterocycles. The van der Waals surface area contributed by atoms with Crippen LogP contribution in [0.3, 0.4) is 0 Å². The number of piperidine rings is 1. The average Bonchev–Trinajstić information content (AvgIpc) is 3.34. The van der Waals surface area contributed by atoms with Crippen molar-refractivity contribution in [3.63, 3.8) is 0 Å². The lowest BCUT2D eigenvalue weighted by atomic mass is 9.96. The maximum atomic E-state index is 12.8. The Kier molecular flexibility index (Phi) is 6.98. The molecule has 32 heavy (non-hydrogen) atoms. The SMILES string of the molecule is Cc1cccc(COc2ccc(NC(=O)C3CCN(C(=O)N4CCCC4)CC3)c(C)c2)c1. The van der Waals surface area contributed by atoms with Gasteiger partial charge in [0.1, 0.15) is 12.4 Å². The van der Waals surface area contributed by atoms with Crippen molar-refractivity contribution in [2.75, 3.05) is 31.5 Å². The number of aryl methyl sites for hydroxylation is 2. The van der Waals surface area contributed by atoms with Gasteiger partial charge in [-0.2, -0.15) is 0 Å². The van der Waals surface area contributed by atoms with E-state index in [1.165, 1.54) is 5.56 Å². The summed E-state index contributed by atoms with van der Waals surface area (Å²) in [5.74, 6) is 0.764. The summed E-state index contributed by atoms with van der Waals surface area (Å²) in [6, 6.07) is 14.2. The Bertz CT molecular complexity index is 961. The lowest BCUT2D eigenvalue weighted by Crippen LogP contribution is -2.47. The molecular formula is C26H33N3O3. The van der Waals surface area contributed by atoms with Crippen molar-refractivity contribution in [3.05, 3.63) is 59.2 Å². The number of hydrogen-bond donors (Lipinski definition) is 1. The zero-order chi connectivity index (χ0) is 22.5. The lowest BCUT2D eigenvalue weighted by molar-refractivity contribution is -0.121. The van der Waals surface area contributed by atoms with Crippen LogP contribution in [-0.2, 0) is 11.4 Å². The van der Waals surface area contributed by atoms with E-state index in [4.69, 9.17) is 4.74 Å². The van der Waals surface area contributed by atoms with Crippen molar-refractivity contribution in [3.8, 4) is 5.75 Å². The van der Waals surface area contributed by atoms with Crippen LogP contribution in [0.5, 0.6) is 5.75 Å². The topological polar surface area (TPSA) is 61.9 Å². The Labute approximate surface area is 190 Å². The molecule has 0 unspecified atom stereocenters. The Hall–Kier alpha value is -3.02. The molecule has 0 saturated carbocycles. The number of nitrogens with zero attached hydrogens (tertiary/aromatic N) is 2. The molecule has 2 aromatic rings. The molecule has 0 atom stereocenters. The molecule has 2 aromatic carbocycles. The molecule has 2 heterocycles. The molecule has 0 aliphatic carbocycles. The number of urea groups is 1. The molecular weight excluding hydrogens is 402 g/mol. The maximum absolute atomic E-state index is 12.8. The highest BCUT2D eigenvalue weighted by atomic mass is 16.5. The molecule has 170 valence electrons. The summed E-state index contributed by atoms with van der Waals surface area (Å²) in [5, 5.41) is 3.08. The van der Waals surface area contributed by atoms with Crippen LogP contribution in [-0.4, -0.2) is 47.9 Å². The van der Waals surface area contributed by atoms with Gasteiger partial charge in [-0.25, -0.2) is 4.79 Å². The van der Waals surface area contributed by atoms with Gasteiger partial charge in [0, 0.05) is 37.8 Å². The van der Waals surface area contributed by atoms with Crippen molar-refractivity contribution in [2.45, 2.75) is 46.1 Å². The summed E-state index contributed by atoms with van der Waals surface area (Å²) in [6.45, 7) is 7.59. The first-order valence-electron chi connectivity index (χ1n) is 11.6. The summed E-state index contributed by atoms with van der Waals surface area (Å²) in [7, 11) is 0. The molecule has 2 fully saturated rings. The predicted molar refractivity (Wildman–Crippen MR) is 126 cm³/mol. The summed E-state index contributed by atoms with van der Waals surface area (Å²) in [5.41, 5.74) is 4.14. The van der Waals surface area contributed by atoms with Gasteiger partial charge >= 0.3 is 6.03 Å². The fourth-order valence-electron chi connectivity index (χ4n) is 4.51. The van der Waals surface area contributed by atoms with Gasteiger partial charge in [-0.15, -0.1) is 0 Å². The number of nitrogens with one attached hydrogen (secondary N) is 1. The number of rotatable bonds is 5. The zero-order valence-corrected chi connectivity index (χ0v) is 19.1. The van der Waals surface area contributed by atoms with E-state index < -0.39 is 0 Å². The first kappa shape index (κ1) is 22.2. The van der Waals surface area contributed by atoms with Gasteiger partial charge in [0.15, 0.2) is 0 Å². The highest BCUT2D eigenvalue weighted by Gasteiger charge is 2.30. The van der Waals surface area contributed by atoms with E-state index in [0.29, 0.717) is 32.5 Å². The Morgan fingerprint density at radius 1 is 0.969 bits per heavy atom. The molecule has 2 saturated heterocycles. The first-order chi connectivity index (χ1) is 15.5. The highest BCUT2D eigenvalue weighted by molar-refractivity contribution is 5.93. The smallest absolute Gasteiger partial charge is 0.319 e. The van der Waals surface area contributed by atoms with Gasteiger partial charge in [0.2, 0.25) is 5.91 Å². The van der Waals surface area contributed by atoms with Gasteiger partial charge in [0.05, 0.1) is 0 Å². The van der Waals surface area contributed by atoms with Gasteiger partial charge in [-0.3, -0.25) is 4.79 Å². The number of amides is 3. The molecule has 1 N–H and O–H groups in total. The minimum Gasteiger partial charge on any atom is -0.489 e. The van der Waals surface area contributed by atoms with Crippen LogP contribution in [0.2, 0.25) is 0 Å². The minimum atomic E-state index is -0.0609. The maximum Gasteiger partial charge on any atom is 0.319 e. The fourth-order valence-corrected chi connectivity index (χ4v) is 4.51. The van der Waals surface area contributed by atoms with Gasteiger partial charge < -0.3 is 19.9 Å². The van der Waals surface area contributed by atoms with Crippen LogP contribution >= 0.6 is 0 Å². The van der Waals surface area contributed by atoms with Gasteiger partial charge in [0.25, 0.3) is 0 Å². The number of anilines is 1. The quantitative estimate of drug-likeness (QED) is 0.737. The Balaban J connectivity index is 1.27. The molecule has 4 rings (SSSR count). The van der Waals surface area contributed by atoms with Crippen LogP contribution in [0, 0.1) is 19.8 Å². The van der Waals surface area contributed by atoms with E-state index >= 15 is 0 Å². The van der Waals surface area contributed by atoms with E-state index in [1.54, 1.807) is 0 Å². The number of carbonyl (C=O) groups excluding carboxylic acids is 2. The van der Waals surface area contributed by atoms with Crippen LogP contribution in [0.15, 0.2) is 42.5 Å². The summed E-state index contributed by atoms with van der Waals surface area (Å²) in [4.78, 5) is 29.2. The minimum absolute atomic E-state index is 0.0369. The van der Waals surface area contributed by atoms with Crippen molar-refractivity contribution in [1.82, 2.24) is 9.80 Å². The van der Waals surface area contributed by atoms with Crippen LogP contribution < -0.4 is 10.1 Å². The molecule has 6 heteroatoms. The van der Waals surface area contributed by atoms with Crippen LogP contribution in [0.1, 0.15) is 42.4 Å². The summed E-state index contributed by atoms with van der Waals surface area (Å²) < 4.78 is 5.93. The average molecular weight is 436 g/mol. The molecule has 0 spiro atoms. The van der Waals surface area contributed by atoms with E-state index in [0.717, 1.165) is 48.5 Å². The molecule has 2 aliphatic rings. The zero-order valence-electron chi connectivity index (χ0n) is 19.1. The fraction of sp³-hybridized carbons (Fsp3) is 0.462. The lowest BCUT2D eigenvalue weighted by Gasteiger charge is -2.34. The number of likely N-dealkylation sites (tertiary alicyclic amines) is 2. The number of benzene rings is 2. The first-order valence-corrected chi connectivity index (χ1v) is 11.6. The summed E-state index contributed by atoms with van der Waals surface area (Å²) >= 11 is 0. The third-order valence-corrected chi connectivity index (χ3v) is 6.46. The largest absolute Gasteiger partial charge is 0.489 e. The third-order valence-electron chi connectivity index (χ3n) is 6.46. The van der Waals surface area contributed by atoms with Crippen LogP contribution in [0.4, 0.5) is 10.5 Å². The van der Waals surface area contributed by atoms with Crippen molar-refractivity contribution >= 4 is 17.6 Å². The number of ether oxygens (including phenoxy) is 1. The predicted octanol–water partition coefficient (Wildman–Crippen LogP) is 4.75. The summed E-state index contributed by atoms with van der Waals surface area (Å²) in [6.07, 6.45) is 3.61. The second-order valence-corrected chi connectivity index (χ2v) is 8.98. The highest BCUT2D eigenvalue weighted by Crippen LogP contribution is 2.25. The number of hydrogen-bond acceptors (Lipinski definition) is 3.